The maximum Gasteiger partial charge on any atom is 0.252 e. The monoisotopic (exact) mass is 213 g/mol. The zero-order valence-electron chi connectivity index (χ0n) is 7.74. The summed E-state index contributed by atoms with van der Waals surface area (Å²) in [6.07, 6.45) is 5.34. The van der Waals surface area contributed by atoms with E-state index in [2.05, 4.69) is 15.3 Å². The number of hydrogen-bond donors (Lipinski definition) is 1. The lowest BCUT2D eigenvalue weighted by Gasteiger charge is -2.23. The van der Waals surface area contributed by atoms with Crippen LogP contribution in [0.1, 0.15) is 12.8 Å². The largest absolute Gasteiger partial charge is 0.472 e. The topological polar surface area (TPSA) is 47.0 Å². The minimum Gasteiger partial charge on any atom is -0.472 e. The number of nitrogens with zero attached hydrogens (tertiary/aromatic N) is 2. The molecule has 2 rings (SSSR count). The van der Waals surface area contributed by atoms with E-state index in [1.165, 1.54) is 0 Å². The molecule has 5 heteroatoms. The van der Waals surface area contributed by atoms with Crippen LogP contribution in [0.4, 0.5) is 0 Å². The van der Waals surface area contributed by atoms with Crippen LogP contribution in [0.2, 0.25) is 5.15 Å². The molecule has 0 atom stereocenters. The van der Waals surface area contributed by atoms with Gasteiger partial charge in [0.1, 0.15) is 6.10 Å². The van der Waals surface area contributed by atoms with Crippen molar-refractivity contribution < 1.29 is 4.74 Å². The molecule has 14 heavy (non-hydrogen) atoms. The van der Waals surface area contributed by atoms with Gasteiger partial charge in [0.2, 0.25) is 0 Å². The molecular formula is C9H12ClN3O. The molecule has 0 radical (unpaired) electrons. The molecule has 0 unspecified atom stereocenters. The van der Waals surface area contributed by atoms with Crippen molar-refractivity contribution in [3.05, 3.63) is 17.5 Å². The zero-order chi connectivity index (χ0) is 9.80. The number of halogens is 1. The van der Waals surface area contributed by atoms with E-state index < -0.39 is 0 Å². The maximum absolute atomic E-state index is 5.83. The predicted octanol–water partition coefficient (Wildman–Crippen LogP) is 1.26. The van der Waals surface area contributed by atoms with Crippen LogP contribution in [-0.2, 0) is 0 Å². The average Bonchev–Trinajstić information content (AvgIpc) is 2.23. The van der Waals surface area contributed by atoms with Crippen molar-refractivity contribution in [1.82, 2.24) is 15.3 Å². The minimum atomic E-state index is 0.213. The first-order chi connectivity index (χ1) is 6.86. The van der Waals surface area contributed by atoms with Gasteiger partial charge in [0.25, 0.3) is 5.88 Å². The molecule has 2 heterocycles. The smallest absolute Gasteiger partial charge is 0.252 e. The summed E-state index contributed by atoms with van der Waals surface area (Å²) in [5.74, 6) is 0.445. The Balaban J connectivity index is 1.99. The number of ether oxygens (including phenoxy) is 1. The molecule has 0 saturated carbocycles. The Bertz CT molecular complexity index is 302. The van der Waals surface area contributed by atoms with Crippen molar-refractivity contribution in [2.75, 3.05) is 13.1 Å². The Morgan fingerprint density at radius 1 is 1.29 bits per heavy atom. The number of aromatic nitrogens is 2. The maximum atomic E-state index is 5.83. The van der Waals surface area contributed by atoms with Gasteiger partial charge in [0.15, 0.2) is 5.15 Å². The van der Waals surface area contributed by atoms with Crippen LogP contribution in [0.15, 0.2) is 12.4 Å². The lowest BCUT2D eigenvalue weighted by molar-refractivity contribution is 0.155. The average molecular weight is 214 g/mol. The molecular weight excluding hydrogens is 202 g/mol. The summed E-state index contributed by atoms with van der Waals surface area (Å²) in [5, 5.41) is 3.61. The van der Waals surface area contributed by atoms with E-state index in [-0.39, 0.29) is 6.10 Å². The van der Waals surface area contributed by atoms with E-state index in [0.717, 1.165) is 25.9 Å². The van der Waals surface area contributed by atoms with Crippen LogP contribution >= 0.6 is 11.6 Å². The van der Waals surface area contributed by atoms with Crippen molar-refractivity contribution in [2.45, 2.75) is 18.9 Å². The van der Waals surface area contributed by atoms with E-state index >= 15 is 0 Å². The van der Waals surface area contributed by atoms with E-state index in [1.54, 1.807) is 12.4 Å². The fourth-order valence-corrected chi connectivity index (χ4v) is 1.61. The first kappa shape index (κ1) is 9.68. The number of nitrogens with one attached hydrogen (secondary N) is 1. The van der Waals surface area contributed by atoms with Gasteiger partial charge >= 0.3 is 0 Å². The summed E-state index contributed by atoms with van der Waals surface area (Å²) >= 11 is 5.83. The van der Waals surface area contributed by atoms with E-state index in [1.807, 2.05) is 0 Å². The first-order valence-corrected chi connectivity index (χ1v) is 5.08. The molecule has 1 aromatic heterocycles. The van der Waals surface area contributed by atoms with Crippen molar-refractivity contribution >= 4 is 11.6 Å². The Morgan fingerprint density at radius 2 is 2.00 bits per heavy atom. The second kappa shape index (κ2) is 4.57. The summed E-state index contributed by atoms with van der Waals surface area (Å²) in [7, 11) is 0. The number of rotatable bonds is 2. The second-order valence-electron chi connectivity index (χ2n) is 3.22. The fraction of sp³-hybridized carbons (Fsp3) is 0.556. The van der Waals surface area contributed by atoms with Gasteiger partial charge in [-0.25, -0.2) is 9.97 Å². The number of piperidine rings is 1. The highest BCUT2D eigenvalue weighted by Gasteiger charge is 2.16. The summed E-state index contributed by atoms with van der Waals surface area (Å²) < 4.78 is 5.64. The molecule has 1 aliphatic heterocycles. The lowest BCUT2D eigenvalue weighted by Crippen LogP contribution is -2.34. The van der Waals surface area contributed by atoms with Crippen LogP contribution in [0, 0.1) is 0 Å². The molecule has 4 nitrogen and oxygen atoms in total. The van der Waals surface area contributed by atoms with Gasteiger partial charge in [-0.1, -0.05) is 11.6 Å². The predicted molar refractivity (Wildman–Crippen MR) is 53.6 cm³/mol. The van der Waals surface area contributed by atoms with Crippen molar-refractivity contribution in [2.24, 2.45) is 0 Å². The highest BCUT2D eigenvalue weighted by Crippen LogP contribution is 2.20. The van der Waals surface area contributed by atoms with Gasteiger partial charge in [-0.05, 0) is 25.9 Å². The molecule has 76 valence electrons. The molecule has 1 N–H and O–H groups in total. The van der Waals surface area contributed by atoms with E-state index in [4.69, 9.17) is 16.3 Å². The van der Waals surface area contributed by atoms with E-state index in [9.17, 15) is 0 Å². The van der Waals surface area contributed by atoms with E-state index in [0.29, 0.717) is 11.0 Å². The third-order valence-corrected chi connectivity index (χ3v) is 2.45. The molecule has 1 aliphatic rings. The van der Waals surface area contributed by atoms with Gasteiger partial charge in [-0.2, -0.15) is 0 Å². The Kier molecular flexibility index (Phi) is 3.16. The molecule has 1 aromatic rings. The third-order valence-electron chi connectivity index (χ3n) is 2.19. The molecule has 0 aliphatic carbocycles. The lowest BCUT2D eigenvalue weighted by atomic mass is 10.1. The van der Waals surface area contributed by atoms with Gasteiger partial charge in [0.05, 0.1) is 0 Å². The Morgan fingerprint density at radius 3 is 2.71 bits per heavy atom. The van der Waals surface area contributed by atoms with Crippen LogP contribution in [-0.4, -0.2) is 29.2 Å². The minimum absolute atomic E-state index is 0.213. The SMILES string of the molecule is Clc1nccnc1OC1CCNCC1. The van der Waals surface area contributed by atoms with Gasteiger partial charge in [0, 0.05) is 12.4 Å². The van der Waals surface area contributed by atoms with Gasteiger partial charge < -0.3 is 10.1 Å². The third kappa shape index (κ3) is 2.33. The van der Waals surface area contributed by atoms with Crippen LogP contribution in [0.25, 0.3) is 0 Å². The van der Waals surface area contributed by atoms with Crippen LogP contribution < -0.4 is 10.1 Å². The van der Waals surface area contributed by atoms with Gasteiger partial charge in [-0.15, -0.1) is 0 Å². The van der Waals surface area contributed by atoms with Crippen molar-refractivity contribution in [3.8, 4) is 5.88 Å². The summed E-state index contributed by atoms with van der Waals surface area (Å²) in [5.41, 5.74) is 0. The Labute approximate surface area is 87.7 Å². The normalized spacial score (nSPS) is 18.1. The highest BCUT2D eigenvalue weighted by molar-refractivity contribution is 6.30. The standard InChI is InChI=1S/C9H12ClN3O/c10-8-9(13-6-5-12-8)14-7-1-3-11-4-2-7/h5-7,11H,1-4H2. The first-order valence-electron chi connectivity index (χ1n) is 4.70. The molecule has 1 saturated heterocycles. The zero-order valence-corrected chi connectivity index (χ0v) is 8.50. The summed E-state index contributed by atoms with van der Waals surface area (Å²) in [6.45, 7) is 1.98. The van der Waals surface area contributed by atoms with Crippen molar-refractivity contribution in [1.29, 1.82) is 0 Å². The summed E-state index contributed by atoms with van der Waals surface area (Å²) in [6, 6.07) is 0. The molecule has 0 aromatic carbocycles. The van der Waals surface area contributed by atoms with Crippen molar-refractivity contribution in [3.63, 3.8) is 0 Å². The molecule has 1 fully saturated rings. The van der Waals surface area contributed by atoms with Crippen LogP contribution in [0.3, 0.4) is 0 Å². The number of hydrogen-bond acceptors (Lipinski definition) is 4. The fourth-order valence-electron chi connectivity index (χ4n) is 1.46. The van der Waals surface area contributed by atoms with Crippen LogP contribution in [0.5, 0.6) is 5.88 Å². The highest BCUT2D eigenvalue weighted by atomic mass is 35.5. The van der Waals surface area contributed by atoms with Gasteiger partial charge in [-0.3, -0.25) is 0 Å². The Hall–Kier alpha value is -0.870. The molecule has 0 spiro atoms. The second-order valence-corrected chi connectivity index (χ2v) is 3.58. The molecule has 0 amide bonds. The summed E-state index contributed by atoms with van der Waals surface area (Å²) in [4.78, 5) is 7.94. The molecule has 0 bridgehead atoms. The quantitative estimate of drug-likeness (QED) is 0.804.